The Hall–Kier alpha value is -1.93. The zero-order chi connectivity index (χ0) is 19.5. The second kappa shape index (κ2) is 8.18. The highest BCUT2D eigenvalue weighted by molar-refractivity contribution is 9.10. The van der Waals surface area contributed by atoms with Crippen LogP contribution in [0.5, 0.6) is 17.2 Å². The molecule has 140 valence electrons. The van der Waals surface area contributed by atoms with Crippen LogP contribution in [0.15, 0.2) is 40.9 Å². The summed E-state index contributed by atoms with van der Waals surface area (Å²) in [4.78, 5) is 11.1. The van der Waals surface area contributed by atoms with Crippen LogP contribution in [-0.2, 0) is 11.0 Å². The molecule has 0 amide bonds. The second-order valence-corrected chi connectivity index (χ2v) is 6.45. The first-order valence-corrected chi connectivity index (χ1v) is 8.52. The third kappa shape index (κ3) is 5.04. The molecule has 0 bridgehead atoms. The Morgan fingerprint density at radius 2 is 1.92 bits per heavy atom. The van der Waals surface area contributed by atoms with Gasteiger partial charge in [0, 0.05) is 6.07 Å². The minimum Gasteiger partial charge on any atom is -0.479 e. The van der Waals surface area contributed by atoms with Gasteiger partial charge in [-0.05, 0) is 52.7 Å². The van der Waals surface area contributed by atoms with Crippen LogP contribution >= 0.6 is 27.5 Å². The van der Waals surface area contributed by atoms with Gasteiger partial charge in [-0.1, -0.05) is 18.5 Å². The van der Waals surface area contributed by atoms with Crippen LogP contribution in [0.1, 0.15) is 18.9 Å². The van der Waals surface area contributed by atoms with Gasteiger partial charge in [-0.2, -0.15) is 13.2 Å². The first kappa shape index (κ1) is 20.4. The van der Waals surface area contributed by atoms with E-state index >= 15 is 0 Å². The maximum Gasteiger partial charge on any atom is 0.416 e. The largest absolute Gasteiger partial charge is 0.479 e. The van der Waals surface area contributed by atoms with Gasteiger partial charge in [0.1, 0.15) is 17.2 Å². The van der Waals surface area contributed by atoms with Gasteiger partial charge in [0.25, 0.3) is 0 Å². The van der Waals surface area contributed by atoms with E-state index in [0.717, 1.165) is 18.2 Å². The quantitative estimate of drug-likeness (QED) is 0.569. The highest BCUT2D eigenvalue weighted by Gasteiger charge is 2.31. The van der Waals surface area contributed by atoms with Crippen molar-refractivity contribution in [3.63, 3.8) is 0 Å². The Balaban J connectivity index is 2.25. The van der Waals surface area contributed by atoms with Crippen LogP contribution in [0.4, 0.5) is 13.2 Å². The molecule has 0 saturated carbocycles. The monoisotopic (exact) mass is 452 g/mol. The van der Waals surface area contributed by atoms with Crippen LogP contribution < -0.4 is 9.47 Å². The van der Waals surface area contributed by atoms with Crippen molar-refractivity contribution in [1.82, 2.24) is 0 Å². The standard InChI is InChI=1S/C17H13BrClF3O4/c1-2-13(16(23)24)26-15-8-10(4-5-11(15)18)25-14-6-3-9(7-12(14)19)17(20,21)22/h3-8,13H,2H2,1H3,(H,23,24). The van der Waals surface area contributed by atoms with Gasteiger partial charge < -0.3 is 14.6 Å². The van der Waals surface area contributed by atoms with Gasteiger partial charge in [0.15, 0.2) is 6.10 Å². The van der Waals surface area contributed by atoms with E-state index in [-0.39, 0.29) is 28.7 Å². The van der Waals surface area contributed by atoms with E-state index in [9.17, 15) is 18.0 Å². The third-order valence-corrected chi connectivity index (χ3v) is 4.26. The lowest BCUT2D eigenvalue weighted by atomic mass is 10.2. The number of alkyl halides is 3. The van der Waals surface area contributed by atoms with Crippen LogP contribution in [-0.4, -0.2) is 17.2 Å². The fourth-order valence-electron chi connectivity index (χ4n) is 1.99. The molecule has 2 rings (SSSR count). The predicted molar refractivity (Wildman–Crippen MR) is 93.0 cm³/mol. The number of carboxylic acid groups (broad SMARTS) is 1. The normalized spacial score (nSPS) is 12.5. The molecule has 2 aromatic carbocycles. The average Bonchev–Trinajstić information content (AvgIpc) is 2.55. The highest BCUT2D eigenvalue weighted by atomic mass is 79.9. The zero-order valence-electron chi connectivity index (χ0n) is 13.3. The SMILES string of the molecule is CCC(Oc1cc(Oc2ccc(C(F)(F)F)cc2Cl)ccc1Br)C(=O)O. The van der Waals surface area contributed by atoms with Crippen molar-refractivity contribution in [1.29, 1.82) is 0 Å². The summed E-state index contributed by atoms with van der Waals surface area (Å²) in [7, 11) is 0. The smallest absolute Gasteiger partial charge is 0.416 e. The van der Waals surface area contributed by atoms with Crippen molar-refractivity contribution in [3.05, 3.63) is 51.5 Å². The van der Waals surface area contributed by atoms with Crippen molar-refractivity contribution in [2.45, 2.75) is 25.6 Å². The van der Waals surface area contributed by atoms with Crippen molar-refractivity contribution in [2.75, 3.05) is 0 Å². The minimum atomic E-state index is -4.51. The van der Waals surface area contributed by atoms with Crippen molar-refractivity contribution < 1.29 is 32.5 Å². The molecule has 0 aliphatic carbocycles. The lowest BCUT2D eigenvalue weighted by Gasteiger charge is -2.16. The molecule has 0 aliphatic heterocycles. The number of ether oxygens (including phenoxy) is 2. The molecule has 2 aromatic rings. The summed E-state index contributed by atoms with van der Waals surface area (Å²) in [6.45, 7) is 1.66. The molecule has 26 heavy (non-hydrogen) atoms. The molecule has 0 radical (unpaired) electrons. The second-order valence-electron chi connectivity index (χ2n) is 5.19. The lowest BCUT2D eigenvalue weighted by Crippen LogP contribution is -2.26. The summed E-state index contributed by atoms with van der Waals surface area (Å²) in [5.41, 5.74) is -0.887. The van der Waals surface area contributed by atoms with Gasteiger partial charge in [0.2, 0.25) is 0 Å². The van der Waals surface area contributed by atoms with Gasteiger partial charge in [-0.25, -0.2) is 4.79 Å². The summed E-state index contributed by atoms with van der Waals surface area (Å²) in [5.74, 6) is -0.639. The van der Waals surface area contributed by atoms with E-state index < -0.39 is 23.8 Å². The molecule has 0 spiro atoms. The van der Waals surface area contributed by atoms with E-state index in [1.54, 1.807) is 13.0 Å². The molecule has 0 fully saturated rings. The Morgan fingerprint density at radius 3 is 2.46 bits per heavy atom. The summed E-state index contributed by atoms with van der Waals surface area (Å²) in [6, 6.07) is 7.26. The first-order valence-electron chi connectivity index (χ1n) is 7.35. The van der Waals surface area contributed by atoms with E-state index in [0.29, 0.717) is 4.47 Å². The van der Waals surface area contributed by atoms with Crippen LogP contribution in [0.25, 0.3) is 0 Å². The Kier molecular flexibility index (Phi) is 6.41. The van der Waals surface area contributed by atoms with Gasteiger partial charge in [-0.3, -0.25) is 0 Å². The number of rotatable bonds is 6. The van der Waals surface area contributed by atoms with Gasteiger partial charge >= 0.3 is 12.1 Å². The van der Waals surface area contributed by atoms with E-state index in [1.807, 2.05) is 0 Å². The van der Waals surface area contributed by atoms with Crippen LogP contribution in [0.2, 0.25) is 5.02 Å². The summed E-state index contributed by atoms with van der Waals surface area (Å²) < 4.78 is 49.4. The summed E-state index contributed by atoms with van der Waals surface area (Å²) in [5, 5.41) is 8.87. The fraction of sp³-hybridized carbons (Fsp3) is 0.235. The van der Waals surface area contributed by atoms with Crippen LogP contribution in [0.3, 0.4) is 0 Å². The molecule has 1 N–H and O–H groups in total. The van der Waals surface area contributed by atoms with Gasteiger partial charge in [-0.15, -0.1) is 0 Å². The number of halogens is 5. The summed E-state index contributed by atoms with van der Waals surface area (Å²) in [6.07, 6.45) is -5.30. The van der Waals surface area contributed by atoms with Gasteiger partial charge in [0.05, 0.1) is 15.1 Å². The molecule has 0 heterocycles. The molecule has 0 aliphatic rings. The fourth-order valence-corrected chi connectivity index (χ4v) is 2.55. The summed E-state index contributed by atoms with van der Waals surface area (Å²) >= 11 is 9.11. The third-order valence-electron chi connectivity index (χ3n) is 3.31. The number of benzene rings is 2. The number of carbonyl (C=O) groups is 1. The first-order chi connectivity index (χ1) is 12.1. The van der Waals surface area contributed by atoms with Crippen molar-refractivity contribution >= 4 is 33.5 Å². The molecule has 1 atom stereocenters. The number of hydrogen-bond acceptors (Lipinski definition) is 3. The maximum atomic E-state index is 12.7. The van der Waals surface area contributed by atoms with Crippen molar-refractivity contribution in [2.24, 2.45) is 0 Å². The molecular formula is C17H13BrClF3O4. The van der Waals surface area contributed by atoms with E-state index in [1.165, 1.54) is 12.1 Å². The average molecular weight is 454 g/mol. The highest BCUT2D eigenvalue weighted by Crippen LogP contribution is 2.38. The topological polar surface area (TPSA) is 55.8 Å². The van der Waals surface area contributed by atoms with Crippen molar-refractivity contribution in [3.8, 4) is 17.2 Å². The minimum absolute atomic E-state index is 0.0261. The lowest BCUT2D eigenvalue weighted by molar-refractivity contribution is -0.145. The Labute approximate surface area is 160 Å². The molecule has 4 nitrogen and oxygen atoms in total. The number of carboxylic acids is 1. The van der Waals surface area contributed by atoms with E-state index in [4.69, 9.17) is 26.2 Å². The van der Waals surface area contributed by atoms with Crippen LogP contribution in [0, 0.1) is 0 Å². The molecule has 9 heteroatoms. The number of hydrogen-bond donors (Lipinski definition) is 1. The Bertz CT molecular complexity index is 811. The zero-order valence-corrected chi connectivity index (χ0v) is 15.7. The Morgan fingerprint density at radius 1 is 1.23 bits per heavy atom. The molecule has 1 unspecified atom stereocenters. The molecular weight excluding hydrogens is 441 g/mol. The molecule has 0 saturated heterocycles. The van der Waals surface area contributed by atoms with E-state index in [2.05, 4.69) is 15.9 Å². The maximum absolute atomic E-state index is 12.7. The number of aliphatic carboxylic acids is 1. The predicted octanol–water partition coefficient (Wildman–Crippen LogP) is 6.16. The molecule has 0 aromatic heterocycles.